The zero-order chi connectivity index (χ0) is 22.3. The maximum Gasteiger partial charge on any atom is 0.275 e. The topological polar surface area (TPSA) is 127 Å². The largest absolute Gasteiger partial charge is 0.279 e. The van der Waals surface area contributed by atoms with Gasteiger partial charge in [0.2, 0.25) is 10.0 Å². The highest BCUT2D eigenvalue weighted by atomic mass is 35.5. The van der Waals surface area contributed by atoms with E-state index >= 15 is 0 Å². The number of sulfonamides is 2. The Morgan fingerprint density at radius 2 is 1.55 bits per heavy atom. The molecular formula is C17H20ClN3O6S2. The monoisotopic (exact) mass is 461 g/mol. The summed E-state index contributed by atoms with van der Waals surface area (Å²) in [5.74, 6) is 0. The molecule has 0 saturated carbocycles. The molecule has 0 saturated heterocycles. The van der Waals surface area contributed by atoms with Crippen molar-refractivity contribution in [2.45, 2.75) is 30.6 Å². The summed E-state index contributed by atoms with van der Waals surface area (Å²) in [6.07, 6.45) is 0. The number of hydrogen-bond donors (Lipinski definition) is 1. The Hall–Kier alpha value is -2.21. The predicted octanol–water partition coefficient (Wildman–Crippen LogP) is 3.22. The Morgan fingerprint density at radius 1 is 0.966 bits per heavy atom. The van der Waals surface area contributed by atoms with Crippen LogP contribution in [0.1, 0.15) is 16.7 Å². The molecule has 158 valence electrons. The standard InChI is InChI=1S/C17H20ClN3O6S2/c1-10-6-14(29(26,27)20(4)5)8-16(11(10)2)19-28(24,25)13-7-15(18)12(3)17(9-13)21(22)23/h6-9,19H,1-5H3. The van der Waals surface area contributed by atoms with Crippen LogP contribution in [0.4, 0.5) is 11.4 Å². The van der Waals surface area contributed by atoms with Crippen molar-refractivity contribution in [1.29, 1.82) is 0 Å². The third-order valence-electron chi connectivity index (χ3n) is 4.46. The van der Waals surface area contributed by atoms with Crippen molar-refractivity contribution in [3.63, 3.8) is 0 Å². The van der Waals surface area contributed by atoms with Crippen molar-refractivity contribution in [3.05, 3.63) is 56.1 Å². The molecule has 0 aromatic heterocycles. The maximum atomic E-state index is 12.8. The summed E-state index contributed by atoms with van der Waals surface area (Å²) < 4.78 is 53.9. The molecule has 0 amide bonds. The van der Waals surface area contributed by atoms with Crippen LogP contribution in [-0.2, 0) is 20.0 Å². The van der Waals surface area contributed by atoms with Gasteiger partial charge in [0.15, 0.2) is 0 Å². The fourth-order valence-electron chi connectivity index (χ4n) is 2.48. The first-order valence-electron chi connectivity index (χ1n) is 8.19. The molecule has 0 atom stereocenters. The maximum absolute atomic E-state index is 12.8. The SMILES string of the molecule is Cc1cc(S(=O)(=O)N(C)C)cc(NS(=O)(=O)c2cc(Cl)c(C)c([N+](=O)[O-])c2)c1C. The van der Waals surface area contributed by atoms with Crippen molar-refractivity contribution in [2.75, 3.05) is 18.8 Å². The van der Waals surface area contributed by atoms with Crippen LogP contribution in [0.15, 0.2) is 34.1 Å². The zero-order valence-electron chi connectivity index (χ0n) is 16.3. The third-order valence-corrected chi connectivity index (χ3v) is 7.99. The number of rotatable bonds is 6. The summed E-state index contributed by atoms with van der Waals surface area (Å²) >= 11 is 5.97. The molecule has 0 aliphatic heterocycles. The van der Waals surface area contributed by atoms with Gasteiger partial charge in [0.25, 0.3) is 15.7 Å². The summed E-state index contributed by atoms with van der Waals surface area (Å²) in [7, 11) is -5.35. The van der Waals surface area contributed by atoms with E-state index in [9.17, 15) is 26.9 Å². The van der Waals surface area contributed by atoms with Crippen molar-refractivity contribution in [3.8, 4) is 0 Å². The predicted molar refractivity (Wildman–Crippen MR) is 110 cm³/mol. The van der Waals surface area contributed by atoms with Gasteiger partial charge in [0, 0.05) is 25.7 Å². The fourth-order valence-corrected chi connectivity index (χ4v) is 4.93. The molecule has 1 N–H and O–H groups in total. The smallest absolute Gasteiger partial charge is 0.275 e. The molecule has 2 aromatic carbocycles. The van der Waals surface area contributed by atoms with Gasteiger partial charge in [-0.25, -0.2) is 21.1 Å². The van der Waals surface area contributed by atoms with Gasteiger partial charge < -0.3 is 0 Å². The van der Waals surface area contributed by atoms with Gasteiger partial charge in [0.1, 0.15) is 0 Å². The number of benzene rings is 2. The van der Waals surface area contributed by atoms with Crippen LogP contribution in [0.5, 0.6) is 0 Å². The summed E-state index contributed by atoms with van der Waals surface area (Å²) in [6, 6.07) is 4.66. The molecule has 0 fully saturated rings. The minimum Gasteiger partial charge on any atom is -0.279 e. The van der Waals surface area contributed by atoms with Crippen LogP contribution in [0.3, 0.4) is 0 Å². The fraction of sp³-hybridized carbons (Fsp3) is 0.294. The van der Waals surface area contributed by atoms with Gasteiger partial charge in [-0.3, -0.25) is 14.8 Å². The molecule has 0 unspecified atom stereocenters. The highest BCUT2D eigenvalue weighted by Crippen LogP contribution is 2.32. The molecule has 0 radical (unpaired) electrons. The Morgan fingerprint density at radius 3 is 2.07 bits per heavy atom. The van der Waals surface area contributed by atoms with E-state index in [1.165, 1.54) is 33.2 Å². The van der Waals surface area contributed by atoms with Crippen molar-refractivity contribution in [1.82, 2.24) is 4.31 Å². The second kappa shape index (κ2) is 7.90. The van der Waals surface area contributed by atoms with E-state index in [1.807, 2.05) is 0 Å². The van der Waals surface area contributed by atoms with E-state index in [0.29, 0.717) is 11.1 Å². The number of nitro groups is 1. The quantitative estimate of drug-likeness (QED) is 0.519. The molecule has 29 heavy (non-hydrogen) atoms. The number of anilines is 1. The summed E-state index contributed by atoms with van der Waals surface area (Å²) in [4.78, 5) is 9.98. The Bertz CT molecular complexity index is 1210. The first-order chi connectivity index (χ1) is 13.2. The highest BCUT2D eigenvalue weighted by molar-refractivity contribution is 7.92. The third kappa shape index (κ3) is 4.53. The van der Waals surface area contributed by atoms with Crippen LogP contribution in [0, 0.1) is 30.9 Å². The number of hydrogen-bond acceptors (Lipinski definition) is 6. The first-order valence-corrected chi connectivity index (χ1v) is 11.5. The Labute approximate surface area is 174 Å². The van der Waals surface area contributed by atoms with Gasteiger partial charge >= 0.3 is 0 Å². The van der Waals surface area contributed by atoms with Crippen LogP contribution in [0.2, 0.25) is 5.02 Å². The lowest BCUT2D eigenvalue weighted by Crippen LogP contribution is -2.23. The molecule has 12 heteroatoms. The van der Waals surface area contributed by atoms with E-state index in [-0.39, 0.29) is 21.2 Å². The minimum atomic E-state index is -4.28. The summed E-state index contributed by atoms with van der Waals surface area (Å²) in [5, 5.41) is 11.1. The van der Waals surface area contributed by atoms with Crippen LogP contribution >= 0.6 is 11.6 Å². The highest BCUT2D eigenvalue weighted by Gasteiger charge is 2.25. The number of halogens is 1. The van der Waals surface area contributed by atoms with Gasteiger partial charge in [-0.05, 0) is 50.1 Å². The Kier molecular flexibility index (Phi) is 6.29. The minimum absolute atomic E-state index is 0.0461. The van der Waals surface area contributed by atoms with Gasteiger partial charge in [-0.2, -0.15) is 0 Å². The van der Waals surface area contributed by atoms with Crippen LogP contribution in [0.25, 0.3) is 0 Å². The average Bonchev–Trinajstić information content (AvgIpc) is 2.60. The molecule has 0 aliphatic rings. The van der Waals surface area contributed by atoms with Crippen molar-refractivity contribution >= 4 is 43.0 Å². The Balaban J connectivity index is 2.62. The van der Waals surface area contributed by atoms with E-state index in [2.05, 4.69) is 4.72 Å². The van der Waals surface area contributed by atoms with E-state index in [4.69, 9.17) is 11.6 Å². The summed E-state index contributed by atoms with van der Waals surface area (Å²) in [6.45, 7) is 4.69. The lowest BCUT2D eigenvalue weighted by atomic mass is 10.1. The average molecular weight is 462 g/mol. The number of nitrogens with one attached hydrogen (secondary N) is 1. The van der Waals surface area contributed by atoms with Crippen LogP contribution < -0.4 is 4.72 Å². The summed E-state index contributed by atoms with van der Waals surface area (Å²) in [5.41, 5.74) is 0.818. The van der Waals surface area contributed by atoms with Gasteiger partial charge in [0.05, 0.1) is 25.4 Å². The van der Waals surface area contributed by atoms with Crippen molar-refractivity contribution < 1.29 is 21.8 Å². The molecular weight excluding hydrogens is 442 g/mol. The normalized spacial score (nSPS) is 12.2. The number of nitro benzene ring substituents is 1. The number of aryl methyl sites for hydroxylation is 1. The second-order valence-electron chi connectivity index (χ2n) is 6.61. The van der Waals surface area contributed by atoms with E-state index in [1.54, 1.807) is 13.8 Å². The molecule has 0 bridgehead atoms. The lowest BCUT2D eigenvalue weighted by molar-refractivity contribution is -0.385. The molecule has 0 heterocycles. The first kappa shape index (κ1) is 23.1. The zero-order valence-corrected chi connectivity index (χ0v) is 18.7. The van der Waals surface area contributed by atoms with Gasteiger partial charge in [-0.15, -0.1) is 0 Å². The van der Waals surface area contributed by atoms with Crippen molar-refractivity contribution in [2.24, 2.45) is 0 Å². The lowest BCUT2D eigenvalue weighted by Gasteiger charge is -2.17. The molecule has 0 spiro atoms. The van der Waals surface area contributed by atoms with Crippen LogP contribution in [-0.4, -0.2) is 40.2 Å². The van der Waals surface area contributed by atoms with E-state index in [0.717, 1.165) is 16.4 Å². The molecule has 2 aromatic rings. The number of nitrogens with zero attached hydrogens (tertiary/aromatic N) is 2. The molecule has 9 nitrogen and oxygen atoms in total. The second-order valence-corrected chi connectivity index (χ2v) is 10.9. The van der Waals surface area contributed by atoms with Gasteiger partial charge in [-0.1, -0.05) is 11.6 Å². The van der Waals surface area contributed by atoms with E-state index < -0.39 is 35.6 Å². The molecule has 2 rings (SSSR count). The molecule has 0 aliphatic carbocycles.